The molecule has 3 nitrogen and oxygen atoms in total. The number of nitrogens with zero attached hydrogens (tertiary/aromatic N) is 2. The molecule has 5 heteroatoms. The van der Waals surface area contributed by atoms with Gasteiger partial charge in [-0.05, 0) is 40.2 Å². The third-order valence-electron chi connectivity index (χ3n) is 2.49. The van der Waals surface area contributed by atoms with Gasteiger partial charge in [-0.15, -0.1) is 11.3 Å². The normalized spacial score (nSPS) is 12.6. The van der Waals surface area contributed by atoms with Crippen molar-refractivity contribution in [1.29, 1.82) is 0 Å². The number of halogens is 1. The highest BCUT2D eigenvalue weighted by atomic mass is 79.9. The van der Waals surface area contributed by atoms with Crippen molar-refractivity contribution in [1.82, 2.24) is 15.5 Å². The predicted molar refractivity (Wildman–Crippen MR) is 74.2 cm³/mol. The number of likely N-dealkylation sites (N-methyl/N-ethyl adjacent to an activating group) is 1. The molecule has 2 rings (SSSR count). The molecule has 1 unspecified atom stereocenters. The molecule has 17 heavy (non-hydrogen) atoms. The van der Waals surface area contributed by atoms with E-state index in [9.17, 15) is 0 Å². The maximum absolute atomic E-state index is 3.94. The first-order chi connectivity index (χ1) is 8.29. The fourth-order valence-corrected chi connectivity index (χ4v) is 3.22. The van der Waals surface area contributed by atoms with Gasteiger partial charge in [0.05, 0.1) is 6.20 Å². The van der Waals surface area contributed by atoms with Crippen molar-refractivity contribution in [2.75, 3.05) is 6.54 Å². The van der Waals surface area contributed by atoms with E-state index < -0.39 is 0 Å². The number of thiophene rings is 1. The monoisotopic (exact) mass is 311 g/mol. The lowest BCUT2D eigenvalue weighted by Gasteiger charge is -2.16. The first kappa shape index (κ1) is 12.7. The highest BCUT2D eigenvalue weighted by Crippen LogP contribution is 2.25. The van der Waals surface area contributed by atoms with Crippen LogP contribution in [0.25, 0.3) is 0 Å². The molecule has 0 aromatic carbocycles. The average Bonchev–Trinajstić information content (AvgIpc) is 2.75. The summed E-state index contributed by atoms with van der Waals surface area (Å²) in [6.07, 6.45) is 4.55. The van der Waals surface area contributed by atoms with Crippen LogP contribution in [0.5, 0.6) is 0 Å². The van der Waals surface area contributed by atoms with Gasteiger partial charge < -0.3 is 5.32 Å². The van der Waals surface area contributed by atoms with Crippen molar-refractivity contribution in [3.8, 4) is 0 Å². The largest absolute Gasteiger partial charge is 0.310 e. The van der Waals surface area contributed by atoms with E-state index in [1.165, 1.54) is 10.4 Å². The summed E-state index contributed by atoms with van der Waals surface area (Å²) in [6.45, 7) is 3.06. The summed E-state index contributed by atoms with van der Waals surface area (Å²) in [5.41, 5.74) is 1.19. The second-order valence-electron chi connectivity index (χ2n) is 3.72. The molecule has 1 N–H and O–H groups in total. The van der Waals surface area contributed by atoms with E-state index >= 15 is 0 Å². The fraction of sp³-hybridized carbons (Fsp3) is 0.333. The Morgan fingerprint density at radius 1 is 1.47 bits per heavy atom. The van der Waals surface area contributed by atoms with Gasteiger partial charge in [-0.1, -0.05) is 6.92 Å². The van der Waals surface area contributed by atoms with Gasteiger partial charge in [-0.3, -0.25) is 0 Å². The lowest BCUT2D eigenvalue weighted by atomic mass is 10.1. The van der Waals surface area contributed by atoms with Crippen LogP contribution in [0.2, 0.25) is 0 Å². The summed E-state index contributed by atoms with van der Waals surface area (Å²) < 4.78 is 1.15. The lowest BCUT2D eigenvalue weighted by Crippen LogP contribution is -2.22. The Bertz CT molecular complexity index is 458. The topological polar surface area (TPSA) is 37.8 Å². The van der Waals surface area contributed by atoms with E-state index in [2.05, 4.69) is 49.8 Å². The van der Waals surface area contributed by atoms with Gasteiger partial charge >= 0.3 is 0 Å². The molecule has 2 aromatic heterocycles. The second kappa shape index (κ2) is 6.23. The van der Waals surface area contributed by atoms with Crippen molar-refractivity contribution < 1.29 is 0 Å². The quantitative estimate of drug-likeness (QED) is 0.921. The molecule has 0 aliphatic heterocycles. The van der Waals surface area contributed by atoms with Gasteiger partial charge in [-0.25, -0.2) is 0 Å². The van der Waals surface area contributed by atoms with Gasteiger partial charge in [0.1, 0.15) is 0 Å². The van der Waals surface area contributed by atoms with E-state index in [1.807, 2.05) is 12.3 Å². The van der Waals surface area contributed by atoms with Crippen molar-refractivity contribution >= 4 is 27.3 Å². The van der Waals surface area contributed by atoms with Crippen LogP contribution in [0.15, 0.2) is 34.4 Å². The molecule has 0 aliphatic rings. The van der Waals surface area contributed by atoms with Crippen molar-refractivity contribution in [2.45, 2.75) is 19.4 Å². The molecular weight excluding hydrogens is 298 g/mol. The fourth-order valence-electron chi connectivity index (χ4n) is 1.72. The Kier molecular flexibility index (Phi) is 4.65. The van der Waals surface area contributed by atoms with Crippen LogP contribution in [0, 0.1) is 0 Å². The summed E-state index contributed by atoms with van der Waals surface area (Å²) >= 11 is 5.26. The number of hydrogen-bond acceptors (Lipinski definition) is 4. The molecule has 0 saturated heterocycles. The average molecular weight is 312 g/mol. The predicted octanol–water partition coefficient (Wildman–Crippen LogP) is 3.19. The maximum Gasteiger partial charge on any atom is 0.0544 e. The number of nitrogens with one attached hydrogen (secondary N) is 1. The number of rotatable bonds is 5. The second-order valence-corrected chi connectivity index (χ2v) is 5.63. The molecule has 0 bridgehead atoms. The minimum atomic E-state index is 0.307. The van der Waals surface area contributed by atoms with Crippen molar-refractivity contribution in [3.63, 3.8) is 0 Å². The third kappa shape index (κ3) is 3.59. The Hall–Kier alpha value is -0.780. The number of hydrogen-bond donors (Lipinski definition) is 1. The zero-order valence-corrected chi connectivity index (χ0v) is 12.0. The standard InChI is InChI=1S/C12H14BrN3S/c1-2-14-12(9-3-4-15-16-7-9)6-11-5-10(13)8-17-11/h3-5,7-8,12,14H,2,6H2,1H3. The van der Waals surface area contributed by atoms with Crippen molar-refractivity contribution in [3.05, 3.63) is 44.8 Å². The van der Waals surface area contributed by atoms with Gasteiger partial charge in [0.25, 0.3) is 0 Å². The summed E-state index contributed by atoms with van der Waals surface area (Å²) in [5.74, 6) is 0. The Labute approximate surface area is 113 Å². The SMILES string of the molecule is CCNC(Cc1cc(Br)cs1)c1ccnnc1. The Balaban J connectivity index is 2.13. The minimum Gasteiger partial charge on any atom is -0.310 e. The van der Waals surface area contributed by atoms with Gasteiger partial charge in [0, 0.05) is 33.4 Å². The van der Waals surface area contributed by atoms with Crippen LogP contribution in [0.3, 0.4) is 0 Å². The molecule has 0 amide bonds. The highest BCUT2D eigenvalue weighted by Gasteiger charge is 2.12. The molecule has 2 aromatic rings. The first-order valence-corrected chi connectivity index (χ1v) is 7.19. The first-order valence-electron chi connectivity index (χ1n) is 5.52. The zero-order valence-electron chi connectivity index (χ0n) is 9.56. The van der Waals surface area contributed by atoms with E-state index in [0.29, 0.717) is 6.04 Å². The molecule has 2 heterocycles. The van der Waals surface area contributed by atoms with Crippen molar-refractivity contribution in [2.24, 2.45) is 0 Å². The van der Waals surface area contributed by atoms with Gasteiger partial charge in [-0.2, -0.15) is 10.2 Å². The molecule has 90 valence electrons. The van der Waals surface area contributed by atoms with E-state index in [-0.39, 0.29) is 0 Å². The van der Waals surface area contributed by atoms with E-state index in [0.717, 1.165) is 17.4 Å². The van der Waals surface area contributed by atoms with E-state index in [4.69, 9.17) is 0 Å². The van der Waals surface area contributed by atoms with E-state index in [1.54, 1.807) is 17.5 Å². The molecule has 0 saturated carbocycles. The smallest absolute Gasteiger partial charge is 0.0544 e. The maximum atomic E-state index is 3.94. The highest BCUT2D eigenvalue weighted by molar-refractivity contribution is 9.10. The molecule has 0 spiro atoms. The zero-order chi connectivity index (χ0) is 12.1. The lowest BCUT2D eigenvalue weighted by molar-refractivity contribution is 0.550. The number of aromatic nitrogens is 2. The molecule has 0 radical (unpaired) electrons. The van der Waals surface area contributed by atoms with Crippen LogP contribution < -0.4 is 5.32 Å². The van der Waals surface area contributed by atoms with Crippen LogP contribution in [0.1, 0.15) is 23.4 Å². The minimum absolute atomic E-state index is 0.307. The molecule has 0 aliphatic carbocycles. The molecular formula is C12H14BrN3S. The van der Waals surface area contributed by atoms with Crippen LogP contribution in [0.4, 0.5) is 0 Å². The summed E-state index contributed by atoms with van der Waals surface area (Å²) in [5, 5.41) is 13.3. The molecule has 1 atom stereocenters. The van der Waals surface area contributed by atoms with Gasteiger partial charge in [0.2, 0.25) is 0 Å². The summed E-state index contributed by atoms with van der Waals surface area (Å²) in [4.78, 5) is 1.36. The Morgan fingerprint density at radius 2 is 2.35 bits per heavy atom. The molecule has 0 fully saturated rings. The van der Waals surface area contributed by atoms with Gasteiger partial charge in [0.15, 0.2) is 0 Å². The van der Waals surface area contributed by atoms with Crippen LogP contribution in [-0.2, 0) is 6.42 Å². The summed E-state index contributed by atoms with van der Waals surface area (Å²) in [7, 11) is 0. The van der Waals surface area contributed by atoms with Crippen LogP contribution in [-0.4, -0.2) is 16.7 Å². The van der Waals surface area contributed by atoms with Crippen LogP contribution >= 0.6 is 27.3 Å². The summed E-state index contributed by atoms with van der Waals surface area (Å²) in [6, 6.07) is 4.49. The Morgan fingerprint density at radius 3 is 2.94 bits per heavy atom. The third-order valence-corrected chi connectivity index (χ3v) is 4.21.